The van der Waals surface area contributed by atoms with Crippen molar-refractivity contribution in [2.45, 2.75) is 62.2 Å². The summed E-state index contributed by atoms with van der Waals surface area (Å²) in [5.41, 5.74) is 22.9. The lowest BCUT2D eigenvalue weighted by Crippen LogP contribution is -2.59. The van der Waals surface area contributed by atoms with Gasteiger partial charge in [0.15, 0.2) is 0 Å². The van der Waals surface area contributed by atoms with Crippen LogP contribution in [0.15, 0.2) is 188 Å². The quantitative estimate of drug-likeness (QED) is 0.171. The summed E-state index contributed by atoms with van der Waals surface area (Å²) in [6.07, 6.45) is 6.80. The SMILES string of the molecule is CC1(C)c2ccccc2-c2ccc(N(c3cccc(-c4ccccc4)c3)c3ccc4c(c3)C3(c5ccccc5C45c4ccccc4-c4ccccc45)C4CC5CC(C4)CC3C5)cc21. The van der Waals surface area contributed by atoms with Gasteiger partial charge in [-0.25, -0.2) is 0 Å². The molecule has 1 nitrogen and oxygen atoms in total. The summed E-state index contributed by atoms with van der Waals surface area (Å²) in [6, 6.07) is 72.9. The fourth-order valence-corrected chi connectivity index (χ4v) is 15.2. The first-order valence-corrected chi connectivity index (χ1v) is 23.6. The molecule has 0 aromatic heterocycles. The lowest BCUT2D eigenvalue weighted by Gasteiger charge is -2.65. The molecule has 0 heterocycles. The van der Waals surface area contributed by atoms with Crippen molar-refractivity contribution >= 4 is 17.1 Å². The van der Waals surface area contributed by atoms with Crippen molar-refractivity contribution in [3.63, 3.8) is 0 Å². The van der Waals surface area contributed by atoms with E-state index >= 15 is 0 Å². The van der Waals surface area contributed by atoms with Gasteiger partial charge in [0.05, 0.1) is 5.41 Å². The topological polar surface area (TPSA) is 3.24 Å². The van der Waals surface area contributed by atoms with Crippen molar-refractivity contribution in [2.75, 3.05) is 4.90 Å². The minimum atomic E-state index is -0.404. The largest absolute Gasteiger partial charge is 0.310 e. The Balaban J connectivity index is 1.06. The van der Waals surface area contributed by atoms with Gasteiger partial charge in [0.25, 0.3) is 0 Å². The molecular weight excluding hydrogens is 759 g/mol. The number of nitrogens with zero attached hydrogens (tertiary/aromatic N) is 1. The van der Waals surface area contributed by atoms with Crippen molar-refractivity contribution < 1.29 is 0 Å². The maximum absolute atomic E-state index is 2.72. The molecule has 0 N–H and O–H groups in total. The second-order valence-electron chi connectivity index (χ2n) is 20.4. The van der Waals surface area contributed by atoms with Gasteiger partial charge >= 0.3 is 0 Å². The highest BCUT2D eigenvalue weighted by Crippen LogP contribution is 2.72. The van der Waals surface area contributed by atoms with E-state index in [0.717, 1.165) is 11.8 Å². The third-order valence-electron chi connectivity index (χ3n) is 17.3. The molecule has 8 aromatic rings. The second kappa shape index (κ2) is 12.8. The number of benzene rings is 8. The molecule has 0 saturated heterocycles. The van der Waals surface area contributed by atoms with E-state index < -0.39 is 5.41 Å². The van der Waals surface area contributed by atoms with E-state index in [1.54, 1.807) is 11.1 Å². The van der Waals surface area contributed by atoms with Gasteiger partial charge in [0.1, 0.15) is 0 Å². The molecule has 15 rings (SSSR count). The van der Waals surface area contributed by atoms with Crippen LogP contribution in [0.4, 0.5) is 17.1 Å². The predicted octanol–water partition coefficient (Wildman–Crippen LogP) is 15.5. The van der Waals surface area contributed by atoms with Gasteiger partial charge in [0, 0.05) is 27.9 Å². The van der Waals surface area contributed by atoms with Crippen molar-refractivity contribution in [3.8, 4) is 33.4 Å². The summed E-state index contributed by atoms with van der Waals surface area (Å²) in [5, 5.41) is 0. The molecule has 4 saturated carbocycles. The Hall–Kier alpha value is -6.44. The van der Waals surface area contributed by atoms with Crippen LogP contribution < -0.4 is 4.90 Å². The molecular formula is C62H51N. The Morgan fingerprint density at radius 3 is 1.49 bits per heavy atom. The van der Waals surface area contributed by atoms with E-state index in [1.165, 1.54) is 116 Å². The van der Waals surface area contributed by atoms with Crippen molar-refractivity contribution in [2.24, 2.45) is 23.7 Å². The van der Waals surface area contributed by atoms with Crippen LogP contribution in [0.1, 0.15) is 90.5 Å². The van der Waals surface area contributed by atoms with Gasteiger partial charge in [-0.1, -0.05) is 166 Å². The number of hydrogen-bond acceptors (Lipinski definition) is 1. The van der Waals surface area contributed by atoms with Crippen LogP contribution in [-0.4, -0.2) is 0 Å². The molecule has 2 spiro atoms. The normalized spacial score (nSPS) is 24.0. The zero-order valence-electron chi connectivity index (χ0n) is 36.2. The smallest absolute Gasteiger partial charge is 0.0719 e. The molecule has 63 heavy (non-hydrogen) atoms. The first kappa shape index (κ1) is 36.1. The van der Waals surface area contributed by atoms with E-state index in [4.69, 9.17) is 0 Å². The van der Waals surface area contributed by atoms with Gasteiger partial charge in [-0.3, -0.25) is 0 Å². The zero-order chi connectivity index (χ0) is 41.7. The van der Waals surface area contributed by atoms with Crippen LogP contribution in [0.25, 0.3) is 33.4 Å². The molecule has 304 valence electrons. The molecule has 0 atom stereocenters. The van der Waals surface area contributed by atoms with Crippen LogP contribution >= 0.6 is 0 Å². The van der Waals surface area contributed by atoms with Crippen molar-refractivity contribution in [1.82, 2.24) is 0 Å². The Labute approximate surface area is 372 Å². The highest BCUT2D eigenvalue weighted by atomic mass is 15.1. The van der Waals surface area contributed by atoms with Crippen LogP contribution in [0, 0.1) is 23.7 Å². The number of fused-ring (bicyclic) bond motifs is 12. The Morgan fingerprint density at radius 1 is 0.349 bits per heavy atom. The van der Waals surface area contributed by atoms with Gasteiger partial charge in [-0.05, 0) is 170 Å². The van der Waals surface area contributed by atoms with Gasteiger partial charge in [0.2, 0.25) is 0 Å². The fraction of sp³-hybridized carbons (Fsp3) is 0.226. The molecule has 8 aromatic carbocycles. The third-order valence-corrected chi connectivity index (χ3v) is 17.3. The lowest BCUT2D eigenvalue weighted by molar-refractivity contribution is -0.0440. The molecule has 0 amide bonds. The predicted molar refractivity (Wildman–Crippen MR) is 259 cm³/mol. The minimum Gasteiger partial charge on any atom is -0.310 e. The standard InChI is InChI=1S/C62H51N/c1-60(2)52-22-9-6-19-48(52)51-29-27-46(37-58(51)60)63(45-18-14-17-42(36-45)41-15-4-3-5-16-41)47-28-30-57-59(38-47)61(43-32-39-31-40(34-43)35-44(61)33-39)55-25-12-13-26-56(55)62(57)53-23-10-7-20-49(53)50-21-8-11-24-54(50)62/h3-30,36-40,43-44H,31-35H2,1-2H3. The summed E-state index contributed by atoms with van der Waals surface area (Å²) < 4.78 is 0. The maximum atomic E-state index is 2.72. The molecule has 0 aliphatic heterocycles. The van der Waals surface area contributed by atoms with E-state index in [2.05, 4.69) is 207 Å². The van der Waals surface area contributed by atoms with Crippen LogP contribution in [-0.2, 0) is 16.2 Å². The first-order chi connectivity index (χ1) is 31.0. The monoisotopic (exact) mass is 809 g/mol. The highest BCUT2D eigenvalue weighted by molar-refractivity contribution is 5.91. The van der Waals surface area contributed by atoms with Crippen LogP contribution in [0.3, 0.4) is 0 Å². The molecule has 7 aliphatic carbocycles. The maximum Gasteiger partial charge on any atom is 0.0719 e. The van der Waals surface area contributed by atoms with E-state index in [1.807, 2.05) is 0 Å². The molecule has 4 bridgehead atoms. The summed E-state index contributed by atoms with van der Waals surface area (Å²) in [6.45, 7) is 4.82. The van der Waals surface area contributed by atoms with Crippen molar-refractivity contribution in [1.29, 1.82) is 0 Å². The van der Waals surface area contributed by atoms with Gasteiger partial charge in [-0.2, -0.15) is 0 Å². The molecule has 1 heteroatoms. The Bertz CT molecular complexity index is 3110. The summed E-state index contributed by atoms with van der Waals surface area (Å²) in [7, 11) is 0. The highest BCUT2D eigenvalue weighted by Gasteiger charge is 2.64. The van der Waals surface area contributed by atoms with E-state index in [-0.39, 0.29) is 10.8 Å². The Morgan fingerprint density at radius 2 is 0.825 bits per heavy atom. The van der Waals surface area contributed by atoms with Gasteiger partial charge in [-0.15, -0.1) is 0 Å². The fourth-order valence-electron chi connectivity index (χ4n) is 15.2. The summed E-state index contributed by atoms with van der Waals surface area (Å²) >= 11 is 0. The van der Waals surface area contributed by atoms with E-state index in [0.29, 0.717) is 11.8 Å². The number of hydrogen-bond donors (Lipinski definition) is 0. The minimum absolute atomic E-state index is 0.0494. The molecule has 0 unspecified atom stereocenters. The molecule has 4 fully saturated rings. The van der Waals surface area contributed by atoms with Crippen LogP contribution in [0.5, 0.6) is 0 Å². The molecule has 7 aliphatic rings. The van der Waals surface area contributed by atoms with E-state index in [9.17, 15) is 0 Å². The average Bonchev–Trinajstić information content (AvgIpc) is 3.75. The van der Waals surface area contributed by atoms with Crippen molar-refractivity contribution in [3.05, 3.63) is 233 Å². The summed E-state index contributed by atoms with van der Waals surface area (Å²) in [4.78, 5) is 2.60. The number of rotatable bonds is 4. The average molecular weight is 810 g/mol. The lowest BCUT2D eigenvalue weighted by atomic mass is 9.38. The third kappa shape index (κ3) is 4.63. The van der Waals surface area contributed by atoms with Crippen LogP contribution in [0.2, 0.25) is 0 Å². The zero-order valence-corrected chi connectivity index (χ0v) is 36.2. The summed E-state index contributed by atoms with van der Waals surface area (Å²) in [5.74, 6) is 2.97. The first-order valence-electron chi connectivity index (χ1n) is 23.6. The second-order valence-corrected chi connectivity index (χ2v) is 20.4. The molecule has 0 radical (unpaired) electrons. The van der Waals surface area contributed by atoms with Gasteiger partial charge < -0.3 is 4.90 Å². The number of anilines is 3. The Kier molecular flexibility index (Phi) is 7.35.